The second-order valence-corrected chi connectivity index (χ2v) is 17.8. The molecule has 12 nitrogen and oxygen atoms in total. The summed E-state index contributed by atoms with van der Waals surface area (Å²) in [6, 6.07) is 7.91. The molecule has 4 aromatic rings. The summed E-state index contributed by atoms with van der Waals surface area (Å²) >= 11 is 0. The number of aromatic hydroxyl groups is 3. The summed E-state index contributed by atoms with van der Waals surface area (Å²) in [7, 11) is -15.5. The topological polar surface area (TPSA) is 224 Å². The van der Waals surface area contributed by atoms with Gasteiger partial charge in [-0.25, -0.2) is 0 Å². The minimum atomic E-state index is -5.17. The van der Waals surface area contributed by atoms with Crippen LogP contribution in [0.4, 0.5) is 0 Å². The Labute approximate surface area is 298 Å². The molecule has 3 unspecified atom stereocenters. The Balaban J connectivity index is 2.37. The van der Waals surface area contributed by atoms with Gasteiger partial charge >= 0.3 is 0 Å². The molecule has 6 N–H and O–H groups in total. The van der Waals surface area contributed by atoms with Gasteiger partial charge in [-0.15, -0.1) is 0 Å². The normalized spacial score (nSPS) is 14.4. The number of aryl methyl sites for hydroxylation is 6. The Kier molecular flexibility index (Phi) is 10.6. The van der Waals surface area contributed by atoms with Crippen molar-refractivity contribution in [2.45, 2.75) is 78.1 Å². The van der Waals surface area contributed by atoms with E-state index >= 15 is 0 Å². The summed E-state index contributed by atoms with van der Waals surface area (Å²) in [6.07, 6.45) is 0. The van der Waals surface area contributed by atoms with Crippen LogP contribution in [0.15, 0.2) is 36.4 Å². The fourth-order valence-corrected chi connectivity index (χ4v) is 10.7. The summed E-state index contributed by atoms with van der Waals surface area (Å²) in [5, 5.41) is 25.5. The molecule has 3 atom stereocenters. The van der Waals surface area contributed by atoms with Crippen LogP contribution in [-0.2, 0) is 30.4 Å². The lowest BCUT2D eigenvalue weighted by Gasteiger charge is -2.32. The van der Waals surface area contributed by atoms with Gasteiger partial charge in [0.1, 0.15) is 33.0 Å². The maximum absolute atomic E-state index is 13.5. The van der Waals surface area contributed by atoms with Gasteiger partial charge in [0.2, 0.25) is 0 Å². The first-order valence-electron chi connectivity index (χ1n) is 15.6. The van der Waals surface area contributed by atoms with Crippen molar-refractivity contribution in [3.05, 3.63) is 120 Å². The predicted molar refractivity (Wildman–Crippen MR) is 194 cm³/mol. The minimum Gasteiger partial charge on any atom is -0.507 e. The van der Waals surface area contributed by atoms with Crippen LogP contribution in [0.5, 0.6) is 17.2 Å². The van der Waals surface area contributed by atoms with Gasteiger partial charge < -0.3 is 15.3 Å². The van der Waals surface area contributed by atoms with Gasteiger partial charge in [-0.3, -0.25) is 13.7 Å². The van der Waals surface area contributed by atoms with E-state index in [1.807, 2.05) is 0 Å². The average molecular weight is 763 g/mol. The third kappa shape index (κ3) is 7.36. The van der Waals surface area contributed by atoms with Crippen LogP contribution in [0, 0.1) is 62.3 Å². The van der Waals surface area contributed by atoms with E-state index in [1.54, 1.807) is 0 Å². The van der Waals surface area contributed by atoms with E-state index in [0.717, 1.165) is 0 Å². The molecule has 0 fully saturated rings. The third-order valence-corrected chi connectivity index (χ3v) is 12.9. The first kappa shape index (κ1) is 39.8. The van der Waals surface area contributed by atoms with Crippen molar-refractivity contribution in [1.29, 1.82) is 0 Å². The number of phenols is 3. The zero-order valence-electron chi connectivity index (χ0n) is 29.6. The standard InChI is InChI=1S/C36H42O12S3/c1-16-10-25(11-17(2)31(16)37)34(49(40,41)42)28-22(7)29(35(50(43,44)45)26-12-18(3)32(38)19(4)13-26)24(9)30(23(28)8)36(51(46,47)48)27-14-20(5)33(39)21(6)15-27/h10-15,34-39H,1-9H3,(H,40,41,42)(H,43,44,45)(H,46,47,48). The van der Waals surface area contributed by atoms with E-state index < -0.39 is 46.1 Å². The van der Waals surface area contributed by atoms with E-state index in [2.05, 4.69) is 0 Å². The van der Waals surface area contributed by atoms with Crippen LogP contribution in [0.25, 0.3) is 0 Å². The molecule has 0 amide bonds. The van der Waals surface area contributed by atoms with E-state index in [9.17, 15) is 54.2 Å². The quantitative estimate of drug-likeness (QED) is 0.100. The smallest absolute Gasteiger partial charge is 0.276 e. The molecular weight excluding hydrogens is 721 g/mol. The SMILES string of the molecule is Cc1cc(C(c2c(C)c(C(c3cc(C)c(O)c(C)c3)S(=O)(=O)O)c(C)c(C(c3cc(C)c(O)c(C)c3)S(=O)(=O)O)c2C)S(=O)(=O)O)cc(C)c1O. The molecule has 0 bridgehead atoms. The Bertz CT molecular complexity index is 2070. The highest BCUT2D eigenvalue weighted by Gasteiger charge is 2.41. The Hall–Kier alpha value is -3.99. The highest BCUT2D eigenvalue weighted by molar-refractivity contribution is 7.86. The first-order chi connectivity index (χ1) is 23.2. The summed E-state index contributed by atoms with van der Waals surface area (Å²) in [6.45, 7) is 13.2. The van der Waals surface area contributed by atoms with E-state index in [1.165, 1.54) is 98.7 Å². The lowest BCUT2D eigenvalue weighted by molar-refractivity contribution is 0.464. The molecule has 0 aromatic heterocycles. The number of benzene rings is 4. The average Bonchev–Trinajstić information content (AvgIpc) is 2.97. The molecule has 0 saturated heterocycles. The van der Waals surface area contributed by atoms with E-state index in [-0.39, 0.29) is 101 Å². The number of hydrogen-bond acceptors (Lipinski definition) is 9. The minimum absolute atomic E-state index is 0.0436. The second-order valence-electron chi connectivity index (χ2n) is 13.3. The first-order valence-corrected chi connectivity index (χ1v) is 20.1. The van der Waals surface area contributed by atoms with Crippen molar-refractivity contribution in [2.24, 2.45) is 0 Å². The van der Waals surface area contributed by atoms with Gasteiger partial charge in [0.05, 0.1) is 0 Å². The van der Waals surface area contributed by atoms with Gasteiger partial charge in [-0.1, -0.05) is 36.4 Å². The fourth-order valence-electron chi connectivity index (χ4n) is 7.34. The van der Waals surface area contributed by atoms with E-state index in [0.29, 0.717) is 0 Å². The maximum atomic E-state index is 13.5. The number of rotatable bonds is 9. The van der Waals surface area contributed by atoms with Crippen LogP contribution in [0.1, 0.15) is 99.2 Å². The molecule has 51 heavy (non-hydrogen) atoms. The van der Waals surface area contributed by atoms with E-state index in [4.69, 9.17) is 0 Å². The summed E-state index contributed by atoms with van der Waals surface area (Å²) < 4.78 is 114. The van der Waals surface area contributed by atoms with Crippen LogP contribution >= 0.6 is 0 Å². The highest BCUT2D eigenvalue weighted by atomic mass is 32.2. The number of phenolic OH excluding ortho intramolecular Hbond substituents is 3. The number of hydrogen-bond donors (Lipinski definition) is 6. The van der Waals surface area contributed by atoms with Crippen molar-refractivity contribution in [3.63, 3.8) is 0 Å². The molecule has 0 aliphatic rings. The zero-order chi connectivity index (χ0) is 38.9. The summed E-state index contributed by atoms with van der Waals surface area (Å²) in [5.41, 5.74) is 0.515. The fraction of sp³-hybridized carbons (Fsp3) is 0.333. The van der Waals surface area contributed by atoms with Crippen molar-refractivity contribution >= 4 is 30.4 Å². The Morgan fingerprint density at radius 2 is 0.529 bits per heavy atom. The third-order valence-electron chi connectivity index (χ3n) is 9.55. The largest absolute Gasteiger partial charge is 0.507 e. The Morgan fingerprint density at radius 1 is 0.373 bits per heavy atom. The zero-order valence-corrected chi connectivity index (χ0v) is 32.0. The molecule has 0 saturated carbocycles. The molecule has 0 spiro atoms. The highest BCUT2D eigenvalue weighted by Crippen LogP contribution is 2.48. The molecule has 0 radical (unpaired) electrons. The van der Waals surface area contributed by atoms with Crippen molar-refractivity contribution < 1.29 is 54.2 Å². The molecule has 0 aliphatic carbocycles. The van der Waals surface area contributed by atoms with Gasteiger partial charge in [0, 0.05) is 0 Å². The lowest BCUT2D eigenvalue weighted by atomic mass is 9.80. The molecule has 4 rings (SSSR count). The van der Waals surface area contributed by atoms with Gasteiger partial charge in [-0.2, -0.15) is 25.3 Å². The van der Waals surface area contributed by atoms with Crippen LogP contribution in [0.3, 0.4) is 0 Å². The van der Waals surface area contributed by atoms with Crippen LogP contribution in [-0.4, -0.2) is 54.2 Å². The second kappa shape index (κ2) is 13.5. The van der Waals surface area contributed by atoms with Crippen molar-refractivity contribution in [3.8, 4) is 17.2 Å². The maximum Gasteiger partial charge on any atom is 0.276 e. The van der Waals surface area contributed by atoms with Gasteiger partial charge in [0.15, 0.2) is 0 Å². The van der Waals surface area contributed by atoms with Gasteiger partial charge in [0.25, 0.3) is 30.4 Å². The molecule has 0 aliphatic heterocycles. The summed E-state index contributed by atoms with van der Waals surface area (Å²) in [5.74, 6) is -0.415. The predicted octanol–water partition coefficient (Wildman–Crippen LogP) is 6.51. The molecule has 4 aromatic carbocycles. The van der Waals surface area contributed by atoms with Crippen molar-refractivity contribution in [1.82, 2.24) is 0 Å². The van der Waals surface area contributed by atoms with Gasteiger partial charge in [-0.05, 0) is 146 Å². The van der Waals surface area contributed by atoms with Crippen LogP contribution < -0.4 is 0 Å². The molecule has 276 valence electrons. The lowest BCUT2D eigenvalue weighted by Crippen LogP contribution is -2.25. The molecule has 15 heteroatoms. The summed E-state index contributed by atoms with van der Waals surface area (Å²) in [4.78, 5) is 0. The molecule has 0 heterocycles. The van der Waals surface area contributed by atoms with Crippen molar-refractivity contribution in [2.75, 3.05) is 0 Å². The van der Waals surface area contributed by atoms with Crippen LogP contribution in [0.2, 0.25) is 0 Å². The Morgan fingerprint density at radius 3 is 0.667 bits per heavy atom. The monoisotopic (exact) mass is 762 g/mol. The molecular formula is C36H42O12S3.